The van der Waals surface area contributed by atoms with E-state index in [4.69, 9.17) is 4.74 Å². The number of ether oxygens (including phenoxy) is 1. The zero-order valence-corrected chi connectivity index (χ0v) is 18.8. The van der Waals surface area contributed by atoms with Gasteiger partial charge in [-0.3, -0.25) is 4.99 Å². The summed E-state index contributed by atoms with van der Waals surface area (Å²) in [6.07, 6.45) is 13.3. The first kappa shape index (κ1) is 20.7. The van der Waals surface area contributed by atoms with Crippen LogP contribution in [-0.2, 0) is 6.61 Å². The minimum absolute atomic E-state index is 0.00742. The standard InChI is InChI=1S/C26H30N5O/c1-29(2)20-26(12-7-13-26)30(31-15-14-27-17-24(31)18-28-21-31)23-10-6-11-25(16-23)32-19-22-8-4-3-5-9-22/h3-6,8-11,14-18,21H,7,12-13,19-20H2,1-2H3/q+1. The molecule has 0 saturated heterocycles. The highest BCUT2D eigenvalue weighted by molar-refractivity contribution is 5.82. The van der Waals surface area contributed by atoms with Crippen molar-refractivity contribution in [3.8, 4) is 5.75 Å². The van der Waals surface area contributed by atoms with Gasteiger partial charge in [-0.05, 0) is 51.1 Å². The Morgan fingerprint density at radius 2 is 1.88 bits per heavy atom. The minimum Gasteiger partial charge on any atom is -0.489 e. The molecule has 1 aliphatic carbocycles. The predicted octanol–water partition coefficient (Wildman–Crippen LogP) is 4.73. The second-order valence-electron chi connectivity index (χ2n) is 9.03. The van der Waals surface area contributed by atoms with Crippen LogP contribution in [0.5, 0.6) is 5.75 Å². The van der Waals surface area contributed by atoms with Crippen LogP contribution in [0.1, 0.15) is 24.8 Å². The molecule has 2 aliphatic heterocycles. The summed E-state index contributed by atoms with van der Waals surface area (Å²) in [5.74, 6) is 0.866. The molecule has 6 heteroatoms. The van der Waals surface area contributed by atoms with Crippen LogP contribution in [-0.4, -0.2) is 48.2 Å². The van der Waals surface area contributed by atoms with Crippen molar-refractivity contribution >= 4 is 18.2 Å². The van der Waals surface area contributed by atoms with Crippen LogP contribution in [0.15, 0.2) is 88.9 Å². The van der Waals surface area contributed by atoms with E-state index in [2.05, 4.69) is 70.5 Å². The molecule has 6 nitrogen and oxygen atoms in total. The third kappa shape index (κ3) is 3.66. The van der Waals surface area contributed by atoms with Gasteiger partial charge < -0.3 is 9.64 Å². The molecule has 1 fully saturated rings. The van der Waals surface area contributed by atoms with Gasteiger partial charge in [0.15, 0.2) is 6.20 Å². The summed E-state index contributed by atoms with van der Waals surface area (Å²) < 4.78 is 6.62. The maximum atomic E-state index is 6.19. The zero-order valence-electron chi connectivity index (χ0n) is 18.8. The number of anilines is 1. The van der Waals surface area contributed by atoms with E-state index in [-0.39, 0.29) is 5.54 Å². The lowest BCUT2D eigenvalue weighted by Crippen LogP contribution is -2.70. The first-order valence-corrected chi connectivity index (χ1v) is 11.2. The van der Waals surface area contributed by atoms with Gasteiger partial charge in [0.2, 0.25) is 12.0 Å². The van der Waals surface area contributed by atoms with Crippen molar-refractivity contribution in [2.45, 2.75) is 31.4 Å². The summed E-state index contributed by atoms with van der Waals surface area (Å²) >= 11 is 0. The number of fused-ring (bicyclic) bond motifs is 1. The van der Waals surface area contributed by atoms with Crippen molar-refractivity contribution in [3.63, 3.8) is 0 Å². The Balaban J connectivity index is 1.53. The molecule has 1 saturated carbocycles. The molecule has 0 spiro atoms. The number of hydrogen-bond donors (Lipinski definition) is 0. The van der Waals surface area contributed by atoms with E-state index < -0.39 is 0 Å². The Labute approximate surface area is 190 Å². The molecule has 5 rings (SSSR count). The quantitative estimate of drug-likeness (QED) is 0.571. The normalized spacial score (nSPS) is 22.4. The van der Waals surface area contributed by atoms with Crippen LogP contribution in [0.4, 0.5) is 5.69 Å². The number of allylic oxidation sites excluding steroid dienone is 1. The van der Waals surface area contributed by atoms with Gasteiger partial charge in [-0.15, -0.1) is 4.59 Å². The Bertz CT molecular complexity index is 1080. The summed E-state index contributed by atoms with van der Waals surface area (Å²) in [4.78, 5) is 11.2. The number of rotatable bonds is 8. The van der Waals surface area contributed by atoms with Gasteiger partial charge in [0.25, 0.3) is 0 Å². The number of likely N-dealkylation sites (N-methyl/N-ethyl adjacent to an activating group) is 1. The molecule has 0 amide bonds. The van der Waals surface area contributed by atoms with E-state index in [1.807, 2.05) is 49.2 Å². The predicted molar refractivity (Wildman–Crippen MR) is 129 cm³/mol. The fourth-order valence-electron chi connectivity index (χ4n) is 4.99. The molecule has 3 aliphatic rings. The van der Waals surface area contributed by atoms with E-state index in [1.165, 1.54) is 6.42 Å². The lowest BCUT2D eigenvalue weighted by Gasteiger charge is -2.55. The Hall–Kier alpha value is -3.22. The fraction of sp³-hybridized carbons (Fsp3) is 0.308. The van der Waals surface area contributed by atoms with Gasteiger partial charge in [0, 0.05) is 12.6 Å². The average molecular weight is 429 g/mol. The highest BCUT2D eigenvalue weighted by atomic mass is 16.5. The topological polar surface area (TPSA) is 40.4 Å². The number of aliphatic imine (C=N–C) groups is 2. The number of benzene rings is 2. The summed E-state index contributed by atoms with van der Waals surface area (Å²) in [5, 5.41) is 2.51. The first-order chi connectivity index (χ1) is 15.6. The number of quaternary nitrogens is 1. The molecule has 0 N–H and O–H groups in total. The van der Waals surface area contributed by atoms with Gasteiger partial charge in [0.05, 0.1) is 24.3 Å². The van der Waals surface area contributed by atoms with Gasteiger partial charge >= 0.3 is 0 Å². The summed E-state index contributed by atoms with van der Waals surface area (Å²) in [6, 6.07) is 18.7. The largest absolute Gasteiger partial charge is 0.489 e. The van der Waals surface area contributed by atoms with Crippen molar-refractivity contribution in [1.29, 1.82) is 0 Å². The molecule has 2 aromatic carbocycles. The maximum absolute atomic E-state index is 6.19. The van der Waals surface area contributed by atoms with Crippen LogP contribution < -0.4 is 9.75 Å². The molecule has 32 heavy (non-hydrogen) atoms. The van der Waals surface area contributed by atoms with Crippen LogP contribution in [0, 0.1) is 0 Å². The fourth-order valence-corrected chi connectivity index (χ4v) is 4.99. The van der Waals surface area contributed by atoms with Gasteiger partial charge in [-0.1, -0.05) is 36.4 Å². The van der Waals surface area contributed by atoms with Gasteiger partial charge in [-0.25, -0.2) is 10.0 Å². The SMILES string of the molecule is CN(C)CC1(N(c2cccc(OCc3ccccc3)c2)[N+]23C=CN=CC2=CN=C3)CCC1. The lowest BCUT2D eigenvalue weighted by atomic mass is 9.75. The molecule has 164 valence electrons. The smallest absolute Gasteiger partial charge is 0.225 e. The molecule has 1 atom stereocenters. The molecule has 1 unspecified atom stereocenters. The molecular weight excluding hydrogens is 398 g/mol. The second kappa shape index (κ2) is 8.37. The summed E-state index contributed by atoms with van der Waals surface area (Å²) in [5.41, 5.74) is 3.32. The molecule has 2 heterocycles. The Morgan fingerprint density at radius 3 is 2.62 bits per heavy atom. The maximum Gasteiger partial charge on any atom is 0.225 e. The Kier molecular flexibility index (Phi) is 5.41. The lowest BCUT2D eigenvalue weighted by molar-refractivity contribution is -0.751. The van der Waals surface area contributed by atoms with Gasteiger partial charge in [-0.2, -0.15) is 0 Å². The van der Waals surface area contributed by atoms with E-state index in [9.17, 15) is 0 Å². The Morgan fingerprint density at radius 1 is 1.03 bits per heavy atom. The first-order valence-electron chi connectivity index (χ1n) is 11.2. The van der Waals surface area contributed by atoms with Gasteiger partial charge in [0.1, 0.15) is 17.9 Å². The van der Waals surface area contributed by atoms with Crippen molar-refractivity contribution in [3.05, 3.63) is 84.5 Å². The van der Waals surface area contributed by atoms with Crippen LogP contribution in [0.3, 0.4) is 0 Å². The van der Waals surface area contributed by atoms with E-state index in [0.717, 1.165) is 42.1 Å². The van der Waals surface area contributed by atoms with Crippen molar-refractivity contribution < 1.29 is 9.33 Å². The van der Waals surface area contributed by atoms with E-state index >= 15 is 0 Å². The van der Waals surface area contributed by atoms with E-state index in [1.54, 1.807) is 0 Å². The minimum atomic E-state index is -0.00742. The highest BCUT2D eigenvalue weighted by Gasteiger charge is 2.55. The molecule has 0 radical (unpaired) electrons. The molecular formula is C26H30N5O+. The highest BCUT2D eigenvalue weighted by Crippen LogP contribution is 2.47. The summed E-state index contributed by atoms with van der Waals surface area (Å²) in [7, 11) is 4.31. The second-order valence-corrected chi connectivity index (χ2v) is 9.03. The van der Waals surface area contributed by atoms with Crippen LogP contribution in [0.2, 0.25) is 0 Å². The van der Waals surface area contributed by atoms with Crippen molar-refractivity contribution in [2.75, 3.05) is 25.6 Å². The van der Waals surface area contributed by atoms with E-state index in [0.29, 0.717) is 11.2 Å². The molecule has 0 aromatic heterocycles. The number of nitrogens with zero attached hydrogens (tertiary/aromatic N) is 5. The van der Waals surface area contributed by atoms with Crippen molar-refractivity contribution in [2.24, 2.45) is 9.98 Å². The summed E-state index contributed by atoms with van der Waals surface area (Å²) in [6.45, 7) is 1.51. The monoisotopic (exact) mass is 428 g/mol. The van der Waals surface area contributed by atoms with Crippen LogP contribution in [0.25, 0.3) is 0 Å². The van der Waals surface area contributed by atoms with Crippen LogP contribution >= 0.6 is 0 Å². The zero-order chi connectivity index (χ0) is 22.0. The molecule has 2 aromatic rings. The molecule has 0 bridgehead atoms. The van der Waals surface area contributed by atoms with Crippen molar-refractivity contribution in [1.82, 2.24) is 4.90 Å². The third-order valence-corrected chi connectivity index (χ3v) is 6.44. The third-order valence-electron chi connectivity index (χ3n) is 6.44. The average Bonchev–Trinajstić information content (AvgIpc) is 3.21. The number of hydrogen-bond acceptors (Lipinski definition) is 5.